The summed E-state index contributed by atoms with van der Waals surface area (Å²) in [6.07, 6.45) is -3.52. The molecule has 214 valence electrons. The van der Waals surface area contributed by atoms with Gasteiger partial charge in [-0.3, -0.25) is 9.78 Å². The van der Waals surface area contributed by atoms with Crippen LogP contribution in [0, 0.1) is 13.8 Å². The van der Waals surface area contributed by atoms with E-state index in [0.717, 1.165) is 11.1 Å². The smallest absolute Gasteiger partial charge is 0.424 e. The Kier molecular flexibility index (Phi) is 6.93. The molecule has 0 fully saturated rings. The SMILES string of the molecule is COc1cc(C(=O)NC[C@](O)(c2cc3c(c(-c4ccc(C)cc4)n2)OCC3(C)C)C(F)(F)F)cc2cc(C)cnc12. The first-order valence-electron chi connectivity index (χ1n) is 13.0. The number of rotatable bonds is 6. The van der Waals surface area contributed by atoms with Gasteiger partial charge >= 0.3 is 6.18 Å². The van der Waals surface area contributed by atoms with Gasteiger partial charge in [-0.25, -0.2) is 4.98 Å². The molecule has 1 amide bonds. The summed E-state index contributed by atoms with van der Waals surface area (Å²) in [6.45, 7) is 6.49. The highest BCUT2D eigenvalue weighted by Crippen LogP contribution is 2.47. The van der Waals surface area contributed by atoms with Gasteiger partial charge < -0.3 is 19.9 Å². The van der Waals surface area contributed by atoms with Gasteiger partial charge in [0, 0.05) is 33.7 Å². The van der Waals surface area contributed by atoms with E-state index in [-0.39, 0.29) is 17.9 Å². The van der Waals surface area contributed by atoms with Crippen molar-refractivity contribution in [3.8, 4) is 22.8 Å². The van der Waals surface area contributed by atoms with Crippen molar-refractivity contribution in [2.45, 2.75) is 44.9 Å². The standard InChI is InChI=1S/C31H30F3N3O4/c1-17-6-8-19(9-7-17)26-27-22(29(3,4)16-41-27)13-24(37-26)30(39,31(32,33)34)15-36-28(38)21-11-20-10-18(2)14-35-25(20)23(12-21)40-5/h6-14,39H,15-16H2,1-5H3,(H,36,38)/t30-/m0/s1. The van der Waals surface area contributed by atoms with Gasteiger partial charge in [0.15, 0.2) is 0 Å². The Labute approximate surface area is 235 Å². The average molecular weight is 566 g/mol. The normalized spacial score (nSPS) is 15.6. The van der Waals surface area contributed by atoms with E-state index in [1.54, 1.807) is 24.4 Å². The minimum absolute atomic E-state index is 0.0584. The second-order valence-electron chi connectivity index (χ2n) is 11.1. The Morgan fingerprint density at radius 2 is 1.80 bits per heavy atom. The molecular weight excluding hydrogens is 535 g/mol. The van der Waals surface area contributed by atoms with Gasteiger partial charge in [-0.05, 0) is 43.7 Å². The number of hydrogen-bond donors (Lipinski definition) is 2. The van der Waals surface area contributed by atoms with Crippen molar-refractivity contribution in [1.29, 1.82) is 0 Å². The third-order valence-corrected chi connectivity index (χ3v) is 7.37. The van der Waals surface area contributed by atoms with Crippen molar-refractivity contribution < 1.29 is 32.5 Å². The summed E-state index contributed by atoms with van der Waals surface area (Å²) < 4.78 is 55.2. The molecule has 0 unspecified atom stereocenters. The fraction of sp³-hybridized carbons (Fsp3) is 0.323. The van der Waals surface area contributed by atoms with Gasteiger partial charge in [-0.15, -0.1) is 0 Å². The lowest BCUT2D eigenvalue weighted by atomic mass is 9.84. The summed E-state index contributed by atoms with van der Waals surface area (Å²) in [5.74, 6) is -0.148. The molecule has 2 aromatic heterocycles. The maximum atomic E-state index is 14.6. The number of nitrogens with zero attached hydrogens (tertiary/aromatic N) is 2. The maximum absolute atomic E-state index is 14.6. The van der Waals surface area contributed by atoms with E-state index in [2.05, 4.69) is 15.3 Å². The number of methoxy groups -OCH3 is 1. The second-order valence-corrected chi connectivity index (χ2v) is 11.1. The van der Waals surface area contributed by atoms with Crippen LogP contribution in [-0.4, -0.2) is 47.4 Å². The lowest BCUT2D eigenvalue weighted by Gasteiger charge is -2.31. The van der Waals surface area contributed by atoms with Crippen LogP contribution in [0.3, 0.4) is 0 Å². The summed E-state index contributed by atoms with van der Waals surface area (Å²) in [4.78, 5) is 21.8. The van der Waals surface area contributed by atoms with Crippen molar-refractivity contribution in [2.75, 3.05) is 20.3 Å². The van der Waals surface area contributed by atoms with Gasteiger partial charge in [-0.2, -0.15) is 13.2 Å². The molecule has 0 radical (unpaired) electrons. The lowest BCUT2D eigenvalue weighted by molar-refractivity contribution is -0.265. The minimum atomic E-state index is -5.17. The van der Waals surface area contributed by atoms with Crippen molar-refractivity contribution >= 4 is 16.8 Å². The number of nitrogens with one attached hydrogen (secondary N) is 1. The van der Waals surface area contributed by atoms with E-state index in [1.807, 2.05) is 39.8 Å². The second kappa shape index (κ2) is 10.0. The Morgan fingerprint density at radius 3 is 2.46 bits per heavy atom. The first-order valence-corrected chi connectivity index (χ1v) is 13.0. The number of aliphatic hydroxyl groups is 1. The topological polar surface area (TPSA) is 93.6 Å². The zero-order valence-corrected chi connectivity index (χ0v) is 23.3. The number of aryl methyl sites for hydroxylation is 2. The van der Waals surface area contributed by atoms with Gasteiger partial charge in [0.1, 0.15) is 22.7 Å². The van der Waals surface area contributed by atoms with Crippen LogP contribution in [0.2, 0.25) is 0 Å². The first kappa shape index (κ1) is 28.4. The minimum Gasteiger partial charge on any atom is -0.494 e. The molecule has 0 saturated carbocycles. The van der Waals surface area contributed by atoms with Gasteiger partial charge in [0.25, 0.3) is 5.91 Å². The average Bonchev–Trinajstić information content (AvgIpc) is 3.24. The number of carbonyl (C=O) groups excluding carboxylic acids is 1. The monoisotopic (exact) mass is 565 g/mol. The number of halogens is 3. The summed E-state index contributed by atoms with van der Waals surface area (Å²) in [5.41, 5.74) is -1.14. The van der Waals surface area contributed by atoms with Crippen molar-refractivity contribution in [3.63, 3.8) is 0 Å². The number of pyridine rings is 2. The van der Waals surface area contributed by atoms with Crippen LogP contribution in [0.4, 0.5) is 13.2 Å². The highest BCUT2D eigenvalue weighted by atomic mass is 19.4. The number of fused-ring (bicyclic) bond motifs is 2. The molecule has 10 heteroatoms. The van der Waals surface area contributed by atoms with E-state index in [1.165, 1.54) is 25.3 Å². The van der Waals surface area contributed by atoms with E-state index >= 15 is 0 Å². The number of ether oxygens (including phenoxy) is 2. The number of benzene rings is 2. The number of amides is 1. The molecule has 0 bridgehead atoms. The molecule has 2 N–H and O–H groups in total. The zero-order chi connectivity index (χ0) is 29.7. The van der Waals surface area contributed by atoms with Crippen LogP contribution in [0.1, 0.15) is 46.6 Å². The number of hydrogen-bond acceptors (Lipinski definition) is 6. The number of aromatic nitrogens is 2. The van der Waals surface area contributed by atoms with Gasteiger partial charge in [0.05, 0.1) is 26.0 Å². The summed E-state index contributed by atoms with van der Waals surface area (Å²) >= 11 is 0. The van der Waals surface area contributed by atoms with Crippen molar-refractivity contribution in [1.82, 2.24) is 15.3 Å². The Bertz CT molecular complexity index is 1650. The van der Waals surface area contributed by atoms with E-state index < -0.39 is 35.3 Å². The fourth-order valence-corrected chi connectivity index (χ4v) is 4.89. The molecule has 0 saturated heterocycles. The fourth-order valence-electron chi connectivity index (χ4n) is 4.89. The molecule has 3 heterocycles. The predicted molar refractivity (Wildman–Crippen MR) is 148 cm³/mol. The highest BCUT2D eigenvalue weighted by Gasteiger charge is 2.57. The van der Waals surface area contributed by atoms with Crippen LogP contribution in [0.25, 0.3) is 22.2 Å². The van der Waals surface area contributed by atoms with Crippen LogP contribution < -0.4 is 14.8 Å². The molecule has 7 nitrogen and oxygen atoms in total. The third kappa shape index (κ3) is 5.08. The lowest BCUT2D eigenvalue weighted by Crippen LogP contribution is -2.51. The number of alkyl halides is 3. The molecule has 2 aromatic carbocycles. The van der Waals surface area contributed by atoms with E-state index in [9.17, 15) is 23.1 Å². The molecule has 4 aromatic rings. The summed E-state index contributed by atoms with van der Waals surface area (Å²) in [6, 6.07) is 13.1. The molecule has 1 aliphatic heterocycles. The molecule has 1 atom stereocenters. The quantitative estimate of drug-likeness (QED) is 0.308. The molecule has 5 rings (SSSR count). The van der Waals surface area contributed by atoms with Crippen LogP contribution in [-0.2, 0) is 11.0 Å². The molecule has 0 aliphatic carbocycles. The van der Waals surface area contributed by atoms with Gasteiger partial charge in [0.2, 0.25) is 5.60 Å². The Morgan fingerprint density at radius 1 is 1.10 bits per heavy atom. The molecular formula is C31H30F3N3O4. The van der Waals surface area contributed by atoms with Crippen LogP contribution in [0.5, 0.6) is 11.5 Å². The van der Waals surface area contributed by atoms with Crippen molar-refractivity contribution in [2.24, 2.45) is 0 Å². The third-order valence-electron chi connectivity index (χ3n) is 7.37. The largest absolute Gasteiger partial charge is 0.494 e. The van der Waals surface area contributed by atoms with Gasteiger partial charge in [-0.1, -0.05) is 43.7 Å². The predicted octanol–water partition coefficient (Wildman–Crippen LogP) is 5.77. The van der Waals surface area contributed by atoms with Crippen molar-refractivity contribution in [3.05, 3.63) is 82.7 Å². The van der Waals surface area contributed by atoms with E-state index in [0.29, 0.717) is 33.5 Å². The summed E-state index contributed by atoms with van der Waals surface area (Å²) in [7, 11) is 1.41. The number of carbonyl (C=O) groups is 1. The Balaban J connectivity index is 1.56. The Hall–Kier alpha value is -4.18. The van der Waals surface area contributed by atoms with Crippen LogP contribution >= 0.6 is 0 Å². The molecule has 1 aliphatic rings. The zero-order valence-electron chi connectivity index (χ0n) is 23.3. The maximum Gasteiger partial charge on any atom is 0.424 e. The summed E-state index contributed by atoms with van der Waals surface area (Å²) in [5, 5.41) is 14.1. The molecule has 41 heavy (non-hydrogen) atoms. The highest BCUT2D eigenvalue weighted by molar-refractivity contribution is 6.00. The van der Waals surface area contributed by atoms with Crippen LogP contribution in [0.15, 0.2) is 54.7 Å². The van der Waals surface area contributed by atoms with E-state index in [4.69, 9.17) is 9.47 Å². The molecule has 0 spiro atoms. The first-order chi connectivity index (χ1) is 19.2.